The number of carbonyl (C=O) groups is 1. The molecule has 0 atom stereocenters. The maximum absolute atomic E-state index is 12.4. The van der Waals surface area contributed by atoms with Gasteiger partial charge in [0.2, 0.25) is 0 Å². The molecule has 0 fully saturated rings. The molecule has 0 unspecified atom stereocenters. The summed E-state index contributed by atoms with van der Waals surface area (Å²) in [7, 11) is 0. The second-order valence-electron chi connectivity index (χ2n) is 6.85. The number of nitrogens with one attached hydrogen (secondary N) is 3. The van der Waals surface area contributed by atoms with Crippen molar-refractivity contribution in [3.05, 3.63) is 76.4 Å². The average molecular weight is 391 g/mol. The first-order valence-electron chi connectivity index (χ1n) is 9.23. The molecule has 4 rings (SSSR count). The van der Waals surface area contributed by atoms with E-state index in [4.69, 9.17) is 0 Å². The number of carbonyl (C=O) groups excluding carboxylic acids is 1. The Hall–Kier alpha value is -3.12. The van der Waals surface area contributed by atoms with Crippen LogP contribution in [0, 0.1) is 13.8 Å². The fourth-order valence-corrected chi connectivity index (χ4v) is 3.95. The van der Waals surface area contributed by atoms with Crippen molar-refractivity contribution in [1.82, 2.24) is 15.3 Å². The van der Waals surface area contributed by atoms with Crippen LogP contribution in [0.2, 0.25) is 0 Å². The number of rotatable bonds is 6. The van der Waals surface area contributed by atoms with Crippen LogP contribution in [0.3, 0.4) is 0 Å². The van der Waals surface area contributed by atoms with E-state index in [1.54, 1.807) is 5.38 Å². The summed E-state index contributed by atoms with van der Waals surface area (Å²) in [6.45, 7) is 4.69. The first-order chi connectivity index (χ1) is 13.6. The normalized spacial score (nSPS) is 10.9. The van der Waals surface area contributed by atoms with E-state index >= 15 is 0 Å². The van der Waals surface area contributed by atoms with Crippen molar-refractivity contribution in [1.29, 1.82) is 0 Å². The molecule has 0 bridgehead atoms. The second-order valence-corrected chi connectivity index (χ2v) is 7.70. The summed E-state index contributed by atoms with van der Waals surface area (Å²) in [6, 6.07) is 14.4. The topological polar surface area (TPSA) is 69.8 Å². The first kappa shape index (κ1) is 18.3. The van der Waals surface area contributed by atoms with Crippen LogP contribution in [-0.4, -0.2) is 22.4 Å². The molecule has 5 nitrogen and oxygen atoms in total. The van der Waals surface area contributed by atoms with E-state index in [0.717, 1.165) is 23.2 Å². The average Bonchev–Trinajstić information content (AvgIpc) is 3.31. The Morgan fingerprint density at radius 3 is 2.89 bits per heavy atom. The van der Waals surface area contributed by atoms with E-state index in [1.165, 1.54) is 27.8 Å². The lowest BCUT2D eigenvalue weighted by molar-refractivity contribution is 0.0950. The minimum Gasteiger partial charge on any atom is -0.361 e. The fourth-order valence-electron chi connectivity index (χ4n) is 3.24. The molecule has 2 aromatic carbocycles. The zero-order chi connectivity index (χ0) is 19.5. The number of aryl methyl sites for hydroxylation is 2. The highest BCUT2D eigenvalue weighted by Crippen LogP contribution is 2.24. The van der Waals surface area contributed by atoms with Gasteiger partial charge < -0.3 is 15.6 Å². The van der Waals surface area contributed by atoms with Crippen molar-refractivity contribution in [2.75, 3.05) is 11.9 Å². The Kier molecular flexibility index (Phi) is 5.12. The van der Waals surface area contributed by atoms with Crippen molar-refractivity contribution in [3.63, 3.8) is 0 Å². The van der Waals surface area contributed by atoms with Crippen LogP contribution in [0.25, 0.3) is 10.9 Å². The van der Waals surface area contributed by atoms with E-state index < -0.39 is 0 Å². The zero-order valence-corrected chi connectivity index (χ0v) is 16.7. The molecule has 0 spiro atoms. The van der Waals surface area contributed by atoms with Crippen LogP contribution in [0.4, 0.5) is 10.8 Å². The predicted octanol–water partition coefficient (Wildman–Crippen LogP) is 4.96. The Balaban J connectivity index is 1.35. The standard InChI is InChI=1S/C22H22N4OS/c1-14-7-8-18(15(2)11-14)25-22-26-20(13-28-22)21(27)23-10-9-16-12-24-19-6-4-3-5-17(16)19/h3-8,11-13,24H,9-10H2,1-2H3,(H,23,27)(H,25,26). The quantitative estimate of drug-likeness (QED) is 0.436. The van der Waals surface area contributed by atoms with Gasteiger partial charge in [0.1, 0.15) is 5.69 Å². The molecule has 1 amide bonds. The SMILES string of the molecule is Cc1ccc(Nc2nc(C(=O)NCCc3c[nH]c4ccccc34)cs2)c(C)c1. The van der Waals surface area contributed by atoms with Crippen molar-refractivity contribution in [2.45, 2.75) is 20.3 Å². The number of para-hydroxylation sites is 1. The van der Waals surface area contributed by atoms with Crippen molar-refractivity contribution in [2.24, 2.45) is 0 Å². The van der Waals surface area contributed by atoms with Crippen molar-refractivity contribution >= 4 is 39.0 Å². The number of anilines is 2. The number of hydrogen-bond donors (Lipinski definition) is 3. The van der Waals surface area contributed by atoms with Gasteiger partial charge in [0.25, 0.3) is 5.91 Å². The van der Waals surface area contributed by atoms with Crippen LogP contribution in [0.5, 0.6) is 0 Å². The highest BCUT2D eigenvalue weighted by molar-refractivity contribution is 7.14. The van der Waals surface area contributed by atoms with E-state index in [1.807, 2.05) is 24.4 Å². The minimum absolute atomic E-state index is 0.148. The Bertz CT molecular complexity index is 1130. The maximum atomic E-state index is 12.4. The van der Waals surface area contributed by atoms with Gasteiger partial charge in [-0.15, -0.1) is 11.3 Å². The number of hydrogen-bond acceptors (Lipinski definition) is 4. The molecule has 0 saturated heterocycles. The predicted molar refractivity (Wildman–Crippen MR) is 116 cm³/mol. The third kappa shape index (κ3) is 3.92. The molecule has 142 valence electrons. The van der Waals surface area contributed by atoms with Crippen LogP contribution in [0.1, 0.15) is 27.2 Å². The molecule has 0 saturated carbocycles. The minimum atomic E-state index is -0.148. The summed E-state index contributed by atoms with van der Waals surface area (Å²) in [6.07, 6.45) is 2.78. The number of H-pyrrole nitrogens is 1. The van der Waals surface area contributed by atoms with Gasteiger partial charge in [-0.3, -0.25) is 4.79 Å². The largest absolute Gasteiger partial charge is 0.361 e. The van der Waals surface area contributed by atoms with E-state index in [2.05, 4.69) is 58.7 Å². The third-order valence-electron chi connectivity index (χ3n) is 4.72. The number of thiazole rings is 1. The highest BCUT2D eigenvalue weighted by atomic mass is 32.1. The molecule has 6 heteroatoms. The lowest BCUT2D eigenvalue weighted by Gasteiger charge is -2.07. The van der Waals surface area contributed by atoms with Gasteiger partial charge in [-0.25, -0.2) is 4.98 Å². The van der Waals surface area contributed by atoms with Gasteiger partial charge in [-0.1, -0.05) is 35.9 Å². The molecule has 0 aliphatic carbocycles. The van der Waals surface area contributed by atoms with Crippen LogP contribution in [0.15, 0.2) is 54.0 Å². The molecule has 0 aliphatic heterocycles. The fraction of sp³-hybridized carbons (Fsp3) is 0.182. The first-order valence-corrected chi connectivity index (χ1v) is 10.1. The molecule has 0 aliphatic rings. The molecule has 2 heterocycles. The maximum Gasteiger partial charge on any atom is 0.270 e. The Morgan fingerprint density at radius 2 is 2.04 bits per heavy atom. The van der Waals surface area contributed by atoms with E-state index in [0.29, 0.717) is 17.4 Å². The Morgan fingerprint density at radius 1 is 1.18 bits per heavy atom. The van der Waals surface area contributed by atoms with E-state index in [-0.39, 0.29) is 5.91 Å². The molecule has 0 radical (unpaired) electrons. The summed E-state index contributed by atoms with van der Waals surface area (Å²) < 4.78 is 0. The van der Waals surface area contributed by atoms with Crippen molar-refractivity contribution in [3.8, 4) is 0 Å². The molecular weight excluding hydrogens is 368 g/mol. The summed E-state index contributed by atoms with van der Waals surface area (Å²) in [4.78, 5) is 20.1. The number of fused-ring (bicyclic) bond motifs is 1. The Labute approximate surface area is 167 Å². The van der Waals surface area contributed by atoms with E-state index in [9.17, 15) is 4.79 Å². The number of benzene rings is 2. The zero-order valence-electron chi connectivity index (χ0n) is 15.9. The van der Waals surface area contributed by atoms with Crippen LogP contribution in [-0.2, 0) is 6.42 Å². The summed E-state index contributed by atoms with van der Waals surface area (Å²) >= 11 is 1.43. The van der Waals surface area contributed by atoms with Gasteiger partial charge in [0.15, 0.2) is 5.13 Å². The summed E-state index contributed by atoms with van der Waals surface area (Å²) in [5.74, 6) is -0.148. The highest BCUT2D eigenvalue weighted by Gasteiger charge is 2.12. The van der Waals surface area contributed by atoms with Gasteiger partial charge in [0, 0.05) is 34.7 Å². The number of nitrogens with zero attached hydrogens (tertiary/aromatic N) is 1. The number of amides is 1. The van der Waals surface area contributed by atoms with Crippen LogP contribution < -0.4 is 10.6 Å². The van der Waals surface area contributed by atoms with Gasteiger partial charge in [-0.2, -0.15) is 0 Å². The number of aromatic amines is 1. The molecule has 3 N–H and O–H groups in total. The second kappa shape index (κ2) is 7.86. The summed E-state index contributed by atoms with van der Waals surface area (Å²) in [5.41, 5.74) is 6.14. The summed E-state index contributed by atoms with van der Waals surface area (Å²) in [5, 5.41) is 9.96. The smallest absolute Gasteiger partial charge is 0.270 e. The van der Waals surface area contributed by atoms with Gasteiger partial charge >= 0.3 is 0 Å². The molecule has 2 aromatic heterocycles. The van der Waals surface area contributed by atoms with Gasteiger partial charge in [-0.05, 0) is 43.5 Å². The van der Waals surface area contributed by atoms with Crippen molar-refractivity contribution < 1.29 is 4.79 Å². The molecular formula is C22H22N4OS. The lowest BCUT2D eigenvalue weighted by Crippen LogP contribution is -2.25. The molecule has 4 aromatic rings. The van der Waals surface area contributed by atoms with Crippen LogP contribution >= 0.6 is 11.3 Å². The van der Waals surface area contributed by atoms with Gasteiger partial charge in [0.05, 0.1) is 0 Å². The number of aromatic nitrogens is 2. The monoisotopic (exact) mass is 390 g/mol. The molecule has 28 heavy (non-hydrogen) atoms. The lowest BCUT2D eigenvalue weighted by atomic mass is 10.1. The third-order valence-corrected chi connectivity index (χ3v) is 5.47.